The lowest BCUT2D eigenvalue weighted by molar-refractivity contribution is 0.0601. The maximum atomic E-state index is 13.3. The molecule has 0 saturated carbocycles. The zero-order valence-corrected chi connectivity index (χ0v) is 16.2. The molecule has 0 amide bonds. The van der Waals surface area contributed by atoms with Crippen molar-refractivity contribution in [2.45, 2.75) is 38.5 Å². The second-order valence-corrected chi connectivity index (χ2v) is 7.72. The van der Waals surface area contributed by atoms with Crippen LogP contribution in [-0.2, 0) is 17.6 Å². The van der Waals surface area contributed by atoms with Gasteiger partial charge in [-0.1, -0.05) is 18.9 Å². The van der Waals surface area contributed by atoms with Gasteiger partial charge in [-0.15, -0.1) is 11.3 Å². The molecule has 1 aliphatic rings. The molecular weight excluding hydrogens is 371 g/mol. The number of benzene rings is 1. The van der Waals surface area contributed by atoms with Gasteiger partial charge in [0.2, 0.25) is 0 Å². The Hall–Kier alpha value is -1.99. The number of hydrogen-bond acceptors (Lipinski definition) is 4. The van der Waals surface area contributed by atoms with Crippen LogP contribution in [0.25, 0.3) is 0 Å². The smallest absolute Gasteiger partial charge is 0.341 e. The molecule has 0 saturated heterocycles. The fraction of sp³-hybridized carbons (Fsp3) is 0.368. The predicted molar refractivity (Wildman–Crippen MR) is 108 cm³/mol. The van der Waals surface area contributed by atoms with E-state index in [4.69, 9.17) is 17.0 Å². The van der Waals surface area contributed by atoms with Crippen molar-refractivity contribution in [1.82, 2.24) is 0 Å². The number of thiocarbonyl (C=S) groups is 1. The SMILES string of the molecule is COC(=O)c1c(NC(=S)Nc2cccc(F)c2)sc2c1CCCCCC2. The van der Waals surface area contributed by atoms with Crippen LogP contribution < -0.4 is 10.6 Å². The van der Waals surface area contributed by atoms with Crippen LogP contribution >= 0.6 is 23.6 Å². The molecule has 1 aromatic heterocycles. The lowest BCUT2D eigenvalue weighted by Gasteiger charge is -2.12. The Labute approximate surface area is 161 Å². The molecule has 2 N–H and O–H groups in total. The van der Waals surface area contributed by atoms with Gasteiger partial charge in [0.05, 0.1) is 12.7 Å². The van der Waals surface area contributed by atoms with Crippen LogP contribution in [0, 0.1) is 5.82 Å². The van der Waals surface area contributed by atoms with Crippen LogP contribution in [0.5, 0.6) is 0 Å². The van der Waals surface area contributed by atoms with Crippen molar-refractivity contribution in [2.75, 3.05) is 17.7 Å². The van der Waals surface area contributed by atoms with Crippen LogP contribution in [0.15, 0.2) is 24.3 Å². The number of hydrogen-bond donors (Lipinski definition) is 2. The lowest BCUT2D eigenvalue weighted by atomic mass is 9.96. The molecule has 3 rings (SSSR count). The fourth-order valence-electron chi connectivity index (χ4n) is 3.16. The number of methoxy groups -OCH3 is 1. The maximum Gasteiger partial charge on any atom is 0.341 e. The Morgan fingerprint density at radius 3 is 2.69 bits per heavy atom. The van der Waals surface area contributed by atoms with E-state index in [1.165, 1.54) is 37.0 Å². The van der Waals surface area contributed by atoms with Gasteiger partial charge in [-0.25, -0.2) is 9.18 Å². The molecule has 2 aromatic rings. The standard InChI is InChI=1S/C19H21FN2O2S2/c1-24-18(23)16-14-9-4-2-3-5-10-15(14)26-17(16)22-19(25)21-13-8-6-7-12(20)11-13/h6-8,11H,2-5,9-10H2,1H3,(H2,21,22,25). The molecule has 0 atom stereocenters. The molecule has 1 aromatic carbocycles. The van der Waals surface area contributed by atoms with Crippen LogP contribution in [-0.4, -0.2) is 18.2 Å². The van der Waals surface area contributed by atoms with E-state index in [0.717, 1.165) is 31.2 Å². The normalized spacial score (nSPS) is 13.9. The van der Waals surface area contributed by atoms with Gasteiger partial charge in [-0.3, -0.25) is 0 Å². The Bertz CT molecular complexity index is 820. The van der Waals surface area contributed by atoms with Crippen molar-refractivity contribution in [1.29, 1.82) is 0 Å². The summed E-state index contributed by atoms with van der Waals surface area (Å²) in [5, 5.41) is 7.07. The third kappa shape index (κ3) is 4.40. The minimum absolute atomic E-state index is 0.315. The minimum Gasteiger partial charge on any atom is -0.465 e. The van der Waals surface area contributed by atoms with Crippen LogP contribution in [0.1, 0.15) is 46.5 Å². The van der Waals surface area contributed by atoms with Crippen molar-refractivity contribution in [2.24, 2.45) is 0 Å². The minimum atomic E-state index is -0.348. The van der Waals surface area contributed by atoms with Gasteiger partial charge < -0.3 is 15.4 Å². The van der Waals surface area contributed by atoms with Gasteiger partial charge in [0.1, 0.15) is 10.8 Å². The summed E-state index contributed by atoms with van der Waals surface area (Å²) in [6.07, 6.45) is 6.43. The van der Waals surface area contributed by atoms with Gasteiger partial charge in [0, 0.05) is 10.6 Å². The number of anilines is 2. The molecule has 4 nitrogen and oxygen atoms in total. The van der Waals surface area contributed by atoms with Gasteiger partial charge in [0.15, 0.2) is 5.11 Å². The summed E-state index contributed by atoms with van der Waals surface area (Å²) in [6, 6.07) is 6.07. The van der Waals surface area contributed by atoms with Crippen LogP contribution in [0.4, 0.5) is 15.1 Å². The molecule has 0 spiro atoms. The number of aryl methyl sites for hydroxylation is 1. The number of halogens is 1. The van der Waals surface area contributed by atoms with Gasteiger partial charge >= 0.3 is 5.97 Å². The predicted octanol–water partition coefficient (Wildman–Crippen LogP) is 5.14. The highest BCUT2D eigenvalue weighted by molar-refractivity contribution is 7.80. The maximum absolute atomic E-state index is 13.3. The second-order valence-electron chi connectivity index (χ2n) is 6.20. The van der Waals surface area contributed by atoms with Crippen molar-refractivity contribution in [3.63, 3.8) is 0 Å². The van der Waals surface area contributed by atoms with Crippen molar-refractivity contribution in [3.05, 3.63) is 46.1 Å². The largest absolute Gasteiger partial charge is 0.465 e. The number of carbonyl (C=O) groups excluding carboxylic acids is 1. The molecule has 0 bridgehead atoms. The molecule has 1 heterocycles. The summed E-state index contributed by atoms with van der Waals surface area (Å²) in [7, 11) is 1.39. The van der Waals surface area contributed by atoms with E-state index in [1.807, 2.05) is 0 Å². The highest BCUT2D eigenvalue weighted by Crippen LogP contribution is 2.37. The number of rotatable bonds is 3. The molecule has 26 heavy (non-hydrogen) atoms. The van der Waals surface area contributed by atoms with E-state index in [1.54, 1.807) is 23.5 Å². The fourth-order valence-corrected chi connectivity index (χ4v) is 4.72. The molecule has 0 fully saturated rings. The van der Waals surface area contributed by atoms with E-state index in [0.29, 0.717) is 21.4 Å². The van der Waals surface area contributed by atoms with E-state index < -0.39 is 0 Å². The highest BCUT2D eigenvalue weighted by atomic mass is 32.1. The highest BCUT2D eigenvalue weighted by Gasteiger charge is 2.25. The number of ether oxygens (including phenoxy) is 1. The van der Waals surface area contributed by atoms with E-state index in [2.05, 4.69) is 10.6 Å². The monoisotopic (exact) mass is 392 g/mol. The Kier molecular flexibility index (Phi) is 6.21. The van der Waals surface area contributed by atoms with Gasteiger partial charge in [0.25, 0.3) is 0 Å². The first-order chi connectivity index (χ1) is 12.6. The summed E-state index contributed by atoms with van der Waals surface area (Å²) < 4.78 is 18.3. The molecule has 7 heteroatoms. The first-order valence-corrected chi connectivity index (χ1v) is 9.87. The number of esters is 1. The molecular formula is C19H21FN2O2S2. The van der Waals surface area contributed by atoms with Crippen molar-refractivity contribution in [3.8, 4) is 0 Å². The molecule has 0 aliphatic heterocycles. The van der Waals surface area contributed by atoms with Crippen molar-refractivity contribution < 1.29 is 13.9 Å². The Morgan fingerprint density at radius 2 is 1.96 bits per heavy atom. The summed E-state index contributed by atoms with van der Waals surface area (Å²) in [6.45, 7) is 0. The number of nitrogens with one attached hydrogen (secondary N) is 2. The number of carbonyl (C=O) groups is 1. The summed E-state index contributed by atoms with van der Waals surface area (Å²) in [4.78, 5) is 13.6. The summed E-state index contributed by atoms with van der Waals surface area (Å²) in [5.41, 5.74) is 2.22. The van der Waals surface area contributed by atoms with Gasteiger partial charge in [-0.05, 0) is 61.7 Å². The van der Waals surface area contributed by atoms with E-state index >= 15 is 0 Å². The second kappa shape index (κ2) is 8.60. The third-order valence-electron chi connectivity index (χ3n) is 4.37. The molecule has 1 aliphatic carbocycles. The van der Waals surface area contributed by atoms with Crippen molar-refractivity contribution >= 4 is 45.3 Å². The lowest BCUT2D eigenvalue weighted by Crippen LogP contribution is -2.20. The van der Waals surface area contributed by atoms with Crippen LogP contribution in [0.3, 0.4) is 0 Å². The Balaban J connectivity index is 1.85. The summed E-state index contributed by atoms with van der Waals surface area (Å²) in [5.74, 6) is -0.689. The van der Waals surface area contributed by atoms with Crippen LogP contribution in [0.2, 0.25) is 0 Å². The average molecular weight is 393 g/mol. The van der Waals surface area contributed by atoms with Gasteiger partial charge in [-0.2, -0.15) is 0 Å². The summed E-state index contributed by atoms with van der Waals surface area (Å²) >= 11 is 6.90. The third-order valence-corrected chi connectivity index (χ3v) is 5.78. The zero-order valence-electron chi connectivity index (χ0n) is 14.6. The molecule has 138 valence electrons. The first kappa shape index (κ1) is 18.8. The quantitative estimate of drug-likeness (QED) is 0.559. The van der Waals surface area contributed by atoms with E-state index in [-0.39, 0.29) is 11.8 Å². The number of thiophene rings is 1. The molecule has 0 radical (unpaired) electrons. The molecule has 0 unspecified atom stereocenters. The Morgan fingerprint density at radius 1 is 1.19 bits per heavy atom. The zero-order chi connectivity index (χ0) is 18.5. The first-order valence-electron chi connectivity index (χ1n) is 8.65. The number of fused-ring (bicyclic) bond motifs is 1. The van der Waals surface area contributed by atoms with E-state index in [9.17, 15) is 9.18 Å². The average Bonchev–Trinajstić information content (AvgIpc) is 2.90. The topological polar surface area (TPSA) is 50.4 Å².